The Morgan fingerprint density at radius 3 is 2.13 bits per heavy atom. The zero-order valence-corrected chi connectivity index (χ0v) is 10.6. The quantitative estimate of drug-likeness (QED) is 0.756. The van der Waals surface area contributed by atoms with Crippen molar-refractivity contribution in [2.75, 3.05) is 20.3 Å². The van der Waals surface area contributed by atoms with Gasteiger partial charge in [-0.25, -0.2) is 0 Å². The summed E-state index contributed by atoms with van der Waals surface area (Å²) < 4.78 is 10.5. The molecule has 15 heavy (non-hydrogen) atoms. The van der Waals surface area contributed by atoms with Gasteiger partial charge in [0, 0.05) is 13.7 Å². The summed E-state index contributed by atoms with van der Waals surface area (Å²) in [7, 11) is 1.62. The second kappa shape index (κ2) is 5.47. The predicted molar refractivity (Wildman–Crippen MR) is 59.8 cm³/mol. The van der Waals surface area contributed by atoms with Crippen molar-refractivity contribution >= 4 is 5.91 Å². The lowest BCUT2D eigenvalue weighted by Crippen LogP contribution is -2.42. The lowest BCUT2D eigenvalue weighted by atomic mass is 10.1. The summed E-state index contributed by atoms with van der Waals surface area (Å²) in [5, 5.41) is 2.76. The third-order valence-electron chi connectivity index (χ3n) is 1.90. The van der Waals surface area contributed by atoms with Crippen molar-refractivity contribution in [3.63, 3.8) is 0 Å². The molecule has 0 atom stereocenters. The van der Waals surface area contributed by atoms with Gasteiger partial charge in [0.2, 0.25) is 5.91 Å². The van der Waals surface area contributed by atoms with Crippen LogP contribution < -0.4 is 5.32 Å². The lowest BCUT2D eigenvalue weighted by molar-refractivity contribution is -0.131. The van der Waals surface area contributed by atoms with E-state index in [4.69, 9.17) is 9.47 Å². The van der Waals surface area contributed by atoms with Crippen molar-refractivity contribution in [2.24, 2.45) is 0 Å². The molecule has 0 aromatic rings. The van der Waals surface area contributed by atoms with Crippen LogP contribution in [0.15, 0.2) is 0 Å². The molecule has 0 saturated carbocycles. The molecule has 0 aliphatic rings. The molecule has 4 nitrogen and oxygen atoms in total. The second-order valence-corrected chi connectivity index (χ2v) is 5.14. The highest BCUT2D eigenvalue weighted by Gasteiger charge is 2.18. The molecular formula is C11H23NO3. The van der Waals surface area contributed by atoms with E-state index in [1.807, 2.05) is 34.6 Å². The molecule has 90 valence electrons. The molecule has 0 aromatic heterocycles. The first kappa shape index (κ1) is 14.4. The highest BCUT2D eigenvalue weighted by molar-refractivity contribution is 5.77. The summed E-state index contributed by atoms with van der Waals surface area (Å²) >= 11 is 0. The summed E-state index contributed by atoms with van der Waals surface area (Å²) in [4.78, 5) is 11.4. The summed E-state index contributed by atoms with van der Waals surface area (Å²) in [6, 6.07) is 0. The Kier molecular flexibility index (Phi) is 5.24. The average Bonchev–Trinajstić information content (AvgIpc) is 2.10. The Bertz CT molecular complexity index is 206. The van der Waals surface area contributed by atoms with Crippen LogP contribution in [0.2, 0.25) is 0 Å². The highest BCUT2D eigenvalue weighted by atomic mass is 16.5. The number of carbonyl (C=O) groups is 1. The third-order valence-corrected chi connectivity index (χ3v) is 1.90. The molecule has 0 heterocycles. The summed E-state index contributed by atoms with van der Waals surface area (Å²) in [5.74, 6) is -0.116. The van der Waals surface area contributed by atoms with Crippen LogP contribution in [-0.2, 0) is 14.3 Å². The first-order valence-corrected chi connectivity index (χ1v) is 5.12. The van der Waals surface area contributed by atoms with E-state index in [1.165, 1.54) is 0 Å². The zero-order valence-electron chi connectivity index (χ0n) is 10.6. The average molecular weight is 217 g/mol. The number of hydrogen-bond donors (Lipinski definition) is 1. The van der Waals surface area contributed by atoms with Crippen LogP contribution in [0.4, 0.5) is 0 Å². The maximum atomic E-state index is 11.4. The Labute approximate surface area is 92.3 Å². The molecule has 0 spiro atoms. The fraction of sp³-hybridized carbons (Fsp3) is 0.909. The van der Waals surface area contributed by atoms with Gasteiger partial charge in [0.25, 0.3) is 0 Å². The number of ether oxygens (including phenoxy) is 2. The van der Waals surface area contributed by atoms with Gasteiger partial charge in [0.15, 0.2) is 0 Å². The lowest BCUT2D eigenvalue weighted by Gasteiger charge is -2.24. The summed E-state index contributed by atoms with van der Waals surface area (Å²) in [6.07, 6.45) is 0. The fourth-order valence-corrected chi connectivity index (χ4v) is 0.717. The molecule has 0 bridgehead atoms. The zero-order chi connectivity index (χ0) is 12.1. The molecule has 0 rings (SSSR count). The molecule has 1 N–H and O–H groups in total. The van der Waals surface area contributed by atoms with Gasteiger partial charge in [0.1, 0.15) is 6.61 Å². The number of rotatable bonds is 5. The molecule has 4 heteroatoms. The van der Waals surface area contributed by atoms with Crippen LogP contribution in [0.25, 0.3) is 0 Å². The number of hydrogen-bond acceptors (Lipinski definition) is 3. The van der Waals surface area contributed by atoms with E-state index >= 15 is 0 Å². The smallest absolute Gasteiger partial charge is 0.246 e. The van der Waals surface area contributed by atoms with E-state index in [1.54, 1.807) is 7.11 Å². The number of amides is 1. The first-order chi connectivity index (χ1) is 6.66. The molecular weight excluding hydrogens is 194 g/mol. The minimum absolute atomic E-state index is 0.0866. The Hall–Kier alpha value is -0.610. The van der Waals surface area contributed by atoms with Crippen molar-refractivity contribution in [3.8, 4) is 0 Å². The van der Waals surface area contributed by atoms with E-state index in [0.717, 1.165) is 0 Å². The maximum absolute atomic E-state index is 11.4. The Morgan fingerprint density at radius 1 is 1.20 bits per heavy atom. The number of carbonyl (C=O) groups excluding carboxylic acids is 1. The van der Waals surface area contributed by atoms with Crippen molar-refractivity contribution in [3.05, 3.63) is 0 Å². The molecule has 0 unspecified atom stereocenters. The monoisotopic (exact) mass is 217 g/mol. The molecule has 0 fully saturated rings. The van der Waals surface area contributed by atoms with Crippen LogP contribution >= 0.6 is 0 Å². The van der Waals surface area contributed by atoms with Gasteiger partial charge in [-0.05, 0) is 34.6 Å². The van der Waals surface area contributed by atoms with E-state index < -0.39 is 0 Å². The summed E-state index contributed by atoms with van der Waals surface area (Å²) in [6.45, 7) is 10.1. The minimum atomic E-state index is -0.336. The third kappa shape index (κ3) is 8.39. The van der Waals surface area contributed by atoms with Crippen molar-refractivity contribution in [2.45, 2.75) is 45.8 Å². The number of nitrogens with one attached hydrogen (secondary N) is 1. The highest BCUT2D eigenvalue weighted by Crippen LogP contribution is 2.06. The molecule has 0 aliphatic heterocycles. The molecule has 0 radical (unpaired) electrons. The molecule has 1 amide bonds. The molecule has 0 aliphatic carbocycles. The van der Waals surface area contributed by atoms with E-state index in [-0.39, 0.29) is 23.7 Å². The van der Waals surface area contributed by atoms with Crippen LogP contribution in [0.5, 0.6) is 0 Å². The first-order valence-electron chi connectivity index (χ1n) is 5.12. The number of methoxy groups -OCH3 is 1. The van der Waals surface area contributed by atoms with E-state index in [0.29, 0.717) is 6.54 Å². The van der Waals surface area contributed by atoms with Crippen LogP contribution in [0.1, 0.15) is 34.6 Å². The van der Waals surface area contributed by atoms with Gasteiger partial charge in [0.05, 0.1) is 11.2 Å². The standard InChI is InChI=1S/C11H23NO3/c1-10(2,3)15-7-9(13)12-8-11(4,5)14-6/h7-8H2,1-6H3,(H,12,13). The van der Waals surface area contributed by atoms with Gasteiger partial charge in [-0.3, -0.25) is 4.79 Å². The van der Waals surface area contributed by atoms with Crippen LogP contribution in [-0.4, -0.2) is 37.4 Å². The van der Waals surface area contributed by atoms with E-state index in [9.17, 15) is 4.79 Å². The normalized spacial score (nSPS) is 12.7. The van der Waals surface area contributed by atoms with Gasteiger partial charge in [-0.2, -0.15) is 0 Å². The van der Waals surface area contributed by atoms with Gasteiger partial charge >= 0.3 is 0 Å². The molecule has 0 saturated heterocycles. The van der Waals surface area contributed by atoms with Gasteiger partial charge < -0.3 is 14.8 Å². The SMILES string of the molecule is COC(C)(C)CNC(=O)COC(C)(C)C. The predicted octanol–water partition coefficient (Wildman–Crippen LogP) is 1.34. The van der Waals surface area contributed by atoms with Crippen LogP contribution in [0.3, 0.4) is 0 Å². The van der Waals surface area contributed by atoms with E-state index in [2.05, 4.69) is 5.32 Å². The second-order valence-electron chi connectivity index (χ2n) is 5.14. The fourth-order valence-electron chi connectivity index (χ4n) is 0.717. The molecule has 0 aromatic carbocycles. The van der Waals surface area contributed by atoms with Crippen molar-refractivity contribution in [1.82, 2.24) is 5.32 Å². The van der Waals surface area contributed by atoms with Gasteiger partial charge in [-0.1, -0.05) is 0 Å². The largest absolute Gasteiger partial charge is 0.377 e. The van der Waals surface area contributed by atoms with Crippen molar-refractivity contribution in [1.29, 1.82) is 0 Å². The van der Waals surface area contributed by atoms with Crippen LogP contribution in [0, 0.1) is 0 Å². The Morgan fingerprint density at radius 2 is 1.73 bits per heavy atom. The topological polar surface area (TPSA) is 47.6 Å². The minimum Gasteiger partial charge on any atom is -0.377 e. The van der Waals surface area contributed by atoms with Gasteiger partial charge in [-0.15, -0.1) is 0 Å². The Balaban J connectivity index is 3.77. The van der Waals surface area contributed by atoms with Crippen molar-refractivity contribution < 1.29 is 14.3 Å². The summed E-state index contributed by atoms with van der Waals surface area (Å²) in [5.41, 5.74) is -0.620. The maximum Gasteiger partial charge on any atom is 0.246 e.